The van der Waals surface area contributed by atoms with Gasteiger partial charge in [-0.05, 0) is 60.7 Å². The Balaban J connectivity index is 2.04. The summed E-state index contributed by atoms with van der Waals surface area (Å²) < 4.78 is 0. The van der Waals surface area contributed by atoms with Crippen LogP contribution in [0.15, 0.2) is 22.9 Å². The van der Waals surface area contributed by atoms with Gasteiger partial charge in [-0.2, -0.15) is 11.3 Å². The number of amidine groups is 1. The Morgan fingerprint density at radius 1 is 1.48 bits per heavy atom. The Bertz CT molecular complexity index is 659. The highest BCUT2D eigenvalue weighted by Gasteiger charge is 2.32. The van der Waals surface area contributed by atoms with Gasteiger partial charge in [0.05, 0.1) is 5.56 Å². The molecule has 0 atom stereocenters. The Morgan fingerprint density at radius 2 is 2.24 bits per heavy atom. The molecule has 4 nitrogen and oxygen atoms in total. The summed E-state index contributed by atoms with van der Waals surface area (Å²) in [6.07, 6.45) is 2.38. The molecule has 3 rings (SSSR count). The van der Waals surface area contributed by atoms with Crippen molar-refractivity contribution in [1.29, 1.82) is 5.41 Å². The van der Waals surface area contributed by atoms with E-state index < -0.39 is 0 Å². The number of anilines is 1. The maximum atomic E-state index is 7.91. The molecule has 1 aliphatic rings. The second-order valence-corrected chi connectivity index (χ2v) is 6.46. The third-order valence-electron chi connectivity index (χ3n) is 3.79. The number of hydrogen-bond acceptors (Lipinski definition) is 4. The first-order chi connectivity index (χ1) is 10.1. The van der Waals surface area contributed by atoms with Crippen molar-refractivity contribution in [3.63, 3.8) is 0 Å². The maximum Gasteiger partial charge on any atom is 0.140 e. The lowest BCUT2D eigenvalue weighted by atomic mass is 10.1. The van der Waals surface area contributed by atoms with E-state index in [2.05, 4.69) is 21.7 Å². The standard InChI is InChI=1S/C16H20N4S/c1-10-7-11(2)19-16(14(10)15(17)18)20(13-3-4-13)8-12-5-6-21-9-12/h5-7,9,13H,3-4,8H2,1-2H3,(H3,17,18). The van der Waals surface area contributed by atoms with Gasteiger partial charge >= 0.3 is 0 Å². The predicted molar refractivity (Wildman–Crippen MR) is 88.3 cm³/mol. The van der Waals surface area contributed by atoms with Gasteiger partial charge in [0.2, 0.25) is 0 Å². The van der Waals surface area contributed by atoms with Crippen molar-refractivity contribution in [3.05, 3.63) is 45.3 Å². The molecular weight excluding hydrogens is 280 g/mol. The molecule has 1 fully saturated rings. The van der Waals surface area contributed by atoms with Crippen LogP contribution in [0.5, 0.6) is 0 Å². The van der Waals surface area contributed by atoms with Crippen LogP contribution in [-0.2, 0) is 6.54 Å². The summed E-state index contributed by atoms with van der Waals surface area (Å²) in [6, 6.07) is 4.67. The third-order valence-corrected chi connectivity index (χ3v) is 4.52. The molecule has 0 radical (unpaired) electrons. The summed E-state index contributed by atoms with van der Waals surface area (Å²) >= 11 is 1.71. The monoisotopic (exact) mass is 300 g/mol. The number of nitrogens with one attached hydrogen (secondary N) is 1. The van der Waals surface area contributed by atoms with Gasteiger partial charge in [-0.1, -0.05) is 0 Å². The van der Waals surface area contributed by atoms with Gasteiger partial charge in [0.15, 0.2) is 0 Å². The Kier molecular flexibility index (Phi) is 3.68. The van der Waals surface area contributed by atoms with Crippen molar-refractivity contribution in [2.75, 3.05) is 4.90 Å². The van der Waals surface area contributed by atoms with Crippen LogP contribution in [-0.4, -0.2) is 16.9 Å². The van der Waals surface area contributed by atoms with Crippen LogP contribution in [0, 0.1) is 19.3 Å². The van der Waals surface area contributed by atoms with Crippen LogP contribution < -0.4 is 10.6 Å². The molecule has 1 saturated carbocycles. The number of aromatic nitrogens is 1. The topological polar surface area (TPSA) is 66.0 Å². The molecule has 1 aliphatic carbocycles. The molecule has 21 heavy (non-hydrogen) atoms. The highest BCUT2D eigenvalue weighted by Crippen LogP contribution is 2.35. The molecule has 5 heteroatoms. The van der Waals surface area contributed by atoms with E-state index in [0.29, 0.717) is 6.04 Å². The lowest BCUT2D eigenvalue weighted by molar-refractivity contribution is 0.775. The van der Waals surface area contributed by atoms with Gasteiger partial charge in [0.25, 0.3) is 0 Å². The Morgan fingerprint density at radius 3 is 2.81 bits per heavy atom. The normalized spacial score (nSPS) is 14.2. The number of nitrogens with zero attached hydrogens (tertiary/aromatic N) is 2. The number of aryl methyl sites for hydroxylation is 2. The van der Waals surface area contributed by atoms with Gasteiger partial charge in [-0.15, -0.1) is 0 Å². The molecular formula is C16H20N4S. The second-order valence-electron chi connectivity index (χ2n) is 5.68. The van der Waals surface area contributed by atoms with Crippen LogP contribution in [0.1, 0.15) is 35.2 Å². The number of thiophene rings is 1. The van der Waals surface area contributed by atoms with Gasteiger partial charge in [0, 0.05) is 18.3 Å². The Hall–Kier alpha value is -1.88. The summed E-state index contributed by atoms with van der Waals surface area (Å²) in [7, 11) is 0. The van der Waals surface area contributed by atoms with E-state index in [4.69, 9.17) is 16.1 Å². The fourth-order valence-electron chi connectivity index (χ4n) is 2.70. The summed E-state index contributed by atoms with van der Waals surface area (Å²) in [5.74, 6) is 0.972. The quantitative estimate of drug-likeness (QED) is 0.658. The zero-order chi connectivity index (χ0) is 15.0. The van der Waals surface area contributed by atoms with Crippen LogP contribution >= 0.6 is 11.3 Å². The molecule has 0 bridgehead atoms. The minimum Gasteiger partial charge on any atom is -0.384 e. The number of hydrogen-bond donors (Lipinski definition) is 2. The van der Waals surface area contributed by atoms with E-state index in [0.717, 1.165) is 29.2 Å². The molecule has 0 unspecified atom stereocenters. The summed E-state index contributed by atoms with van der Waals surface area (Å²) in [6.45, 7) is 4.84. The van der Waals surface area contributed by atoms with Crippen molar-refractivity contribution < 1.29 is 0 Å². The van der Waals surface area contributed by atoms with Gasteiger partial charge in [-0.25, -0.2) is 4.98 Å². The number of rotatable bonds is 5. The first-order valence-electron chi connectivity index (χ1n) is 7.16. The smallest absolute Gasteiger partial charge is 0.140 e. The largest absolute Gasteiger partial charge is 0.384 e. The predicted octanol–water partition coefficient (Wildman–Crippen LogP) is 3.21. The molecule has 110 valence electrons. The molecule has 0 aliphatic heterocycles. The lowest BCUT2D eigenvalue weighted by Gasteiger charge is -2.26. The summed E-state index contributed by atoms with van der Waals surface area (Å²) in [5.41, 5.74) is 9.89. The van der Waals surface area contributed by atoms with Crippen molar-refractivity contribution in [1.82, 2.24) is 4.98 Å². The fraction of sp³-hybridized carbons (Fsp3) is 0.375. The molecule has 0 spiro atoms. The van der Waals surface area contributed by atoms with E-state index in [-0.39, 0.29) is 5.84 Å². The summed E-state index contributed by atoms with van der Waals surface area (Å²) in [4.78, 5) is 7.02. The first kappa shape index (κ1) is 14.1. The average Bonchev–Trinajstić information content (AvgIpc) is 3.11. The minimum absolute atomic E-state index is 0.103. The average molecular weight is 300 g/mol. The first-order valence-corrected chi connectivity index (χ1v) is 8.11. The molecule has 0 aromatic carbocycles. The zero-order valence-electron chi connectivity index (χ0n) is 12.4. The van der Waals surface area contributed by atoms with Crippen LogP contribution in [0.2, 0.25) is 0 Å². The minimum atomic E-state index is 0.103. The van der Waals surface area contributed by atoms with E-state index in [1.807, 2.05) is 19.9 Å². The highest BCUT2D eigenvalue weighted by molar-refractivity contribution is 7.07. The molecule has 2 aromatic rings. The fourth-order valence-corrected chi connectivity index (χ4v) is 3.36. The number of pyridine rings is 1. The van der Waals surface area contributed by atoms with Gasteiger partial charge in [0.1, 0.15) is 11.7 Å². The Labute approximate surface area is 129 Å². The molecule has 2 aromatic heterocycles. The maximum absolute atomic E-state index is 7.91. The molecule has 0 saturated heterocycles. The molecule has 0 amide bonds. The SMILES string of the molecule is Cc1cc(C)c(C(=N)N)c(N(Cc2ccsc2)C2CC2)n1. The van der Waals surface area contributed by atoms with Crippen molar-refractivity contribution in [2.45, 2.75) is 39.3 Å². The second kappa shape index (κ2) is 5.48. The van der Waals surface area contributed by atoms with Crippen LogP contribution in [0.3, 0.4) is 0 Å². The van der Waals surface area contributed by atoms with Crippen molar-refractivity contribution in [3.8, 4) is 0 Å². The molecule has 3 N–H and O–H groups in total. The highest BCUT2D eigenvalue weighted by atomic mass is 32.1. The third kappa shape index (κ3) is 2.93. The van der Waals surface area contributed by atoms with Crippen LogP contribution in [0.4, 0.5) is 5.82 Å². The van der Waals surface area contributed by atoms with E-state index in [1.54, 1.807) is 11.3 Å². The van der Waals surface area contributed by atoms with Crippen LogP contribution in [0.25, 0.3) is 0 Å². The van der Waals surface area contributed by atoms with Crippen molar-refractivity contribution in [2.24, 2.45) is 5.73 Å². The number of nitrogens with two attached hydrogens (primary N) is 1. The van der Waals surface area contributed by atoms with E-state index in [1.165, 1.54) is 18.4 Å². The van der Waals surface area contributed by atoms with Gasteiger partial charge in [-0.3, -0.25) is 5.41 Å². The van der Waals surface area contributed by atoms with E-state index >= 15 is 0 Å². The number of nitrogen functional groups attached to an aromatic ring is 1. The summed E-state index contributed by atoms with van der Waals surface area (Å²) in [5, 5.41) is 12.2. The molecule has 2 heterocycles. The van der Waals surface area contributed by atoms with E-state index in [9.17, 15) is 0 Å². The lowest BCUT2D eigenvalue weighted by Crippen LogP contribution is -2.30. The zero-order valence-corrected chi connectivity index (χ0v) is 13.2. The van der Waals surface area contributed by atoms with Crippen molar-refractivity contribution >= 4 is 23.0 Å². The van der Waals surface area contributed by atoms with Gasteiger partial charge < -0.3 is 10.6 Å².